The van der Waals surface area contributed by atoms with Gasteiger partial charge in [0.15, 0.2) is 14.8 Å². The van der Waals surface area contributed by atoms with E-state index in [-0.39, 0.29) is 5.88 Å². The molecule has 0 aliphatic heterocycles. The number of rotatable bonds is 5. The van der Waals surface area contributed by atoms with Crippen LogP contribution in [0.1, 0.15) is 0 Å². The smallest absolute Gasteiger partial charge is 0.362 e. The van der Waals surface area contributed by atoms with Crippen molar-refractivity contribution in [3.63, 3.8) is 0 Å². The van der Waals surface area contributed by atoms with Gasteiger partial charge < -0.3 is 5.73 Å². The highest BCUT2D eigenvalue weighted by atomic mass is 16.7. The van der Waals surface area contributed by atoms with Crippen LogP contribution in [-0.4, -0.2) is 25.8 Å². The van der Waals surface area contributed by atoms with Crippen molar-refractivity contribution in [3.05, 3.63) is 36.5 Å². The molecule has 1 aromatic rings. The van der Waals surface area contributed by atoms with Crippen LogP contribution >= 0.6 is 0 Å². The van der Waals surface area contributed by atoms with E-state index in [1.54, 1.807) is 0 Å². The van der Waals surface area contributed by atoms with Gasteiger partial charge in [0.25, 0.3) is 12.1 Å². The van der Waals surface area contributed by atoms with Gasteiger partial charge in [-0.05, 0) is 4.68 Å². The van der Waals surface area contributed by atoms with Crippen LogP contribution in [0.4, 0.5) is 5.88 Å². The third-order valence-electron chi connectivity index (χ3n) is 1.78. The summed E-state index contributed by atoms with van der Waals surface area (Å²) in [4.78, 5) is 26.7. The minimum atomic E-state index is -3.63. The average molecular weight is 249 g/mol. The largest absolute Gasteiger partial charge is 0.761 e. The van der Waals surface area contributed by atoms with E-state index in [2.05, 4.69) is 9.79 Å². The highest BCUT2D eigenvalue weighted by Crippen LogP contribution is 2.12. The molecular formula is C4H5N6O7+. The molecule has 0 atom stereocenters. The third kappa shape index (κ3) is 1.92. The van der Waals surface area contributed by atoms with Crippen LogP contribution < -0.4 is 10.4 Å². The standard InChI is InChI=1S/C4H5N6O7/c5-3-1-7(6-17-3)2-4(8(11)12,9(13)14)10(15)16/h1H,2,5H2/q+1. The fourth-order valence-electron chi connectivity index (χ4n) is 0.959. The zero-order valence-electron chi connectivity index (χ0n) is 7.96. The van der Waals surface area contributed by atoms with Crippen LogP contribution in [0.25, 0.3) is 0 Å². The van der Waals surface area contributed by atoms with Gasteiger partial charge in [-0.25, -0.2) is 0 Å². The van der Waals surface area contributed by atoms with Gasteiger partial charge in [0.2, 0.25) is 5.27 Å². The number of nitrogens with zero attached hydrogens (tertiary/aromatic N) is 5. The second-order valence-electron chi connectivity index (χ2n) is 2.85. The first-order valence-corrected chi connectivity index (χ1v) is 3.86. The van der Waals surface area contributed by atoms with Gasteiger partial charge in [0, 0.05) is 0 Å². The van der Waals surface area contributed by atoms with E-state index < -0.39 is 27.1 Å². The van der Waals surface area contributed by atoms with Crippen LogP contribution in [0.5, 0.6) is 0 Å². The van der Waals surface area contributed by atoms with Crippen molar-refractivity contribution < 1.29 is 24.0 Å². The Hall–Kier alpha value is -2.86. The topological polar surface area (TPSA) is 185 Å². The van der Waals surface area contributed by atoms with Crippen molar-refractivity contribution in [2.24, 2.45) is 0 Å². The summed E-state index contributed by atoms with van der Waals surface area (Å²) < 4.78 is 4.78. The lowest BCUT2D eigenvalue weighted by atomic mass is 10.4. The van der Waals surface area contributed by atoms with Gasteiger partial charge in [0.1, 0.15) is 0 Å². The molecule has 0 radical (unpaired) electrons. The van der Waals surface area contributed by atoms with Gasteiger partial charge in [-0.2, -0.15) is 0 Å². The first-order chi connectivity index (χ1) is 7.80. The summed E-state index contributed by atoms with van der Waals surface area (Å²) in [6.07, 6.45) is 0.852. The molecule has 0 fully saturated rings. The van der Waals surface area contributed by atoms with Gasteiger partial charge in [-0.15, -0.1) is 0 Å². The minimum Gasteiger partial charge on any atom is -0.362 e. The highest BCUT2D eigenvalue weighted by molar-refractivity contribution is 5.11. The average Bonchev–Trinajstić information content (AvgIpc) is 2.58. The number of anilines is 1. The zero-order valence-corrected chi connectivity index (χ0v) is 7.96. The Kier molecular flexibility index (Phi) is 2.84. The fraction of sp³-hybridized carbons (Fsp3) is 0.500. The molecule has 0 unspecified atom stereocenters. The number of hydrogen-bond donors (Lipinski definition) is 1. The molecule has 13 heteroatoms. The van der Waals surface area contributed by atoms with Gasteiger partial charge in [0.05, 0.1) is 0 Å². The molecule has 0 aliphatic carbocycles. The van der Waals surface area contributed by atoms with E-state index in [1.807, 2.05) is 0 Å². The van der Waals surface area contributed by atoms with Crippen LogP contribution in [0.2, 0.25) is 0 Å². The van der Waals surface area contributed by atoms with Crippen molar-refractivity contribution >= 4 is 5.88 Å². The lowest BCUT2D eigenvalue weighted by molar-refractivity contribution is -1.01. The summed E-state index contributed by atoms with van der Waals surface area (Å²) >= 11 is 0. The second kappa shape index (κ2) is 3.95. The maximum atomic E-state index is 10.5. The maximum Gasteiger partial charge on any atom is 0.761 e. The van der Waals surface area contributed by atoms with Gasteiger partial charge in [-0.3, -0.25) is 34.9 Å². The molecule has 1 rings (SSSR count). The first kappa shape index (κ1) is 12.2. The second-order valence-corrected chi connectivity index (χ2v) is 2.85. The fourth-order valence-corrected chi connectivity index (χ4v) is 0.959. The van der Waals surface area contributed by atoms with Crippen LogP contribution in [0.3, 0.4) is 0 Å². The summed E-state index contributed by atoms with van der Waals surface area (Å²) in [6, 6.07) is 0. The van der Waals surface area contributed by atoms with Crippen molar-refractivity contribution in [2.45, 2.75) is 12.3 Å². The maximum absolute atomic E-state index is 10.5. The van der Waals surface area contributed by atoms with Gasteiger partial charge >= 0.3 is 12.3 Å². The Morgan fingerprint density at radius 2 is 1.76 bits per heavy atom. The van der Waals surface area contributed by atoms with E-state index >= 15 is 0 Å². The van der Waals surface area contributed by atoms with E-state index in [9.17, 15) is 30.3 Å². The van der Waals surface area contributed by atoms with E-state index in [0.29, 0.717) is 4.68 Å². The highest BCUT2D eigenvalue weighted by Gasteiger charge is 2.75. The normalized spacial score (nSPS) is 11.1. The predicted molar refractivity (Wildman–Crippen MR) is 44.8 cm³/mol. The molecule has 2 N–H and O–H groups in total. The molecule has 0 saturated carbocycles. The lowest BCUT2D eigenvalue weighted by Crippen LogP contribution is -2.62. The van der Waals surface area contributed by atoms with E-state index in [1.165, 1.54) is 0 Å². The van der Waals surface area contributed by atoms with Crippen molar-refractivity contribution in [1.82, 2.24) is 5.27 Å². The van der Waals surface area contributed by atoms with Crippen LogP contribution in [0.15, 0.2) is 10.7 Å². The monoisotopic (exact) mass is 249 g/mol. The summed E-state index contributed by atoms with van der Waals surface area (Å²) in [5, 5.41) is 34.7. The molecular weight excluding hydrogens is 244 g/mol. The van der Waals surface area contributed by atoms with Crippen molar-refractivity contribution in [3.8, 4) is 0 Å². The number of nitro groups is 3. The molecule has 1 heterocycles. The van der Waals surface area contributed by atoms with E-state index in [0.717, 1.165) is 6.20 Å². The number of nitrogens with two attached hydrogens (primary N) is 1. The quantitative estimate of drug-likeness (QED) is 0.267. The molecule has 13 nitrogen and oxygen atoms in total. The third-order valence-corrected chi connectivity index (χ3v) is 1.78. The van der Waals surface area contributed by atoms with Crippen molar-refractivity contribution in [2.75, 3.05) is 5.73 Å². The summed E-state index contributed by atoms with van der Waals surface area (Å²) in [7, 11) is 0. The predicted octanol–water partition coefficient (Wildman–Crippen LogP) is -1.97. The van der Waals surface area contributed by atoms with Crippen molar-refractivity contribution in [1.29, 1.82) is 0 Å². The number of hydrogen-bond acceptors (Lipinski definition) is 9. The van der Waals surface area contributed by atoms with Crippen LogP contribution in [-0.2, 0) is 6.54 Å². The number of aromatic nitrogens is 2. The van der Waals surface area contributed by atoms with E-state index in [4.69, 9.17) is 5.73 Å². The summed E-state index contributed by atoms with van der Waals surface area (Å²) in [5.41, 5.74) is 5.07. The molecule has 0 spiro atoms. The molecule has 1 aromatic heterocycles. The Balaban J connectivity index is 3.19. The lowest BCUT2D eigenvalue weighted by Gasteiger charge is -2.03. The molecule has 17 heavy (non-hydrogen) atoms. The van der Waals surface area contributed by atoms with Crippen LogP contribution in [0, 0.1) is 30.3 Å². The first-order valence-electron chi connectivity index (χ1n) is 3.86. The SMILES string of the molecule is Nc1c[n+](CC([N+](=O)[O-])([N+](=O)[O-])[N+](=O)[O-])no1. The molecule has 92 valence electrons. The Morgan fingerprint density at radius 1 is 1.29 bits per heavy atom. The molecule has 0 aromatic carbocycles. The minimum absolute atomic E-state index is 0.297. The zero-order chi connectivity index (χ0) is 13.2. The Bertz CT molecular complexity index is 444. The van der Waals surface area contributed by atoms with Gasteiger partial charge in [-0.1, -0.05) is 0 Å². The Morgan fingerprint density at radius 3 is 2.06 bits per heavy atom. The number of nitrogen functional groups attached to an aromatic ring is 1. The molecule has 0 amide bonds. The molecule has 0 saturated heterocycles. The summed E-state index contributed by atoms with van der Waals surface area (Å²) in [5.74, 6) is -3.93. The molecule has 0 bridgehead atoms. The molecule has 0 aliphatic rings. The summed E-state index contributed by atoms with van der Waals surface area (Å²) in [6.45, 7) is -1.25. The Labute approximate surface area is 90.8 Å².